The first-order valence-corrected chi connectivity index (χ1v) is 10.6. The Labute approximate surface area is 129 Å². The number of rotatable bonds is 0. The molecular weight excluding hydrogens is 574 g/mol. The second-order valence-corrected chi connectivity index (χ2v) is 3.54. The first kappa shape index (κ1) is 30.6. The van der Waals surface area contributed by atoms with Crippen molar-refractivity contribution in [3.05, 3.63) is 0 Å². The molecule has 0 amide bonds. The van der Waals surface area contributed by atoms with E-state index in [1.54, 1.807) is 0 Å². The summed E-state index contributed by atoms with van der Waals surface area (Å²) in [5, 5.41) is 0. The van der Waals surface area contributed by atoms with E-state index in [0.717, 1.165) is 0 Å². The van der Waals surface area contributed by atoms with Gasteiger partial charge in [-0.3, -0.25) is 0 Å². The van der Waals surface area contributed by atoms with E-state index >= 15 is 0 Å². The molecule has 86 valence electrons. The van der Waals surface area contributed by atoms with Gasteiger partial charge < -0.3 is 0 Å². The summed E-state index contributed by atoms with van der Waals surface area (Å²) in [5.41, 5.74) is 0. The van der Waals surface area contributed by atoms with Crippen molar-refractivity contribution in [1.82, 2.24) is 0 Å². The summed E-state index contributed by atoms with van der Waals surface area (Å²) in [7, 11) is 0. The van der Waals surface area contributed by atoms with Gasteiger partial charge in [-0.2, -0.15) is 0 Å². The molecule has 0 heterocycles. The SMILES string of the molecule is [Li+].[O]=[U+2]=[O].[O]=[V](=[O])[O-].[O]=[V](=[O])[O-].[O]=[V](=[O])[O-]. The molecule has 0 radical (unpaired) electrons. The van der Waals surface area contributed by atoms with E-state index in [1.807, 2.05) is 0 Å². The van der Waals surface area contributed by atoms with Crippen LogP contribution < -0.4 is 31.0 Å². The molecule has 0 unspecified atom stereocenters. The first-order valence-electron chi connectivity index (χ1n) is 2.05. The van der Waals surface area contributed by atoms with Gasteiger partial charge in [0.1, 0.15) is 0 Å². The van der Waals surface area contributed by atoms with Crippen molar-refractivity contribution in [1.29, 1.82) is 0 Å². The van der Waals surface area contributed by atoms with Crippen LogP contribution in [0.2, 0.25) is 0 Å². The molecule has 0 aliphatic heterocycles. The van der Waals surface area contributed by atoms with Crippen molar-refractivity contribution in [3.63, 3.8) is 0 Å². The Balaban J connectivity index is -0.0000000331. The Morgan fingerprint density at radius 2 is 0.625 bits per heavy atom. The quantitative estimate of drug-likeness (QED) is 0.249. The third-order valence-corrected chi connectivity index (χ3v) is 0. The van der Waals surface area contributed by atoms with Crippen molar-refractivity contribution < 1.29 is 131 Å². The van der Waals surface area contributed by atoms with Crippen LogP contribution in [0.25, 0.3) is 0 Å². The van der Waals surface area contributed by atoms with E-state index in [2.05, 4.69) is 0 Å². The predicted molar refractivity (Wildman–Crippen MR) is 5.49 cm³/mol. The molecule has 0 aromatic rings. The monoisotopic (exact) mass is 574 g/mol. The van der Waals surface area contributed by atoms with Crippen molar-refractivity contribution in [2.45, 2.75) is 0 Å². The topological polar surface area (TPSA) is 206 Å². The standard InChI is InChI=1S/Li.11O.U.3V/q+1;;;;;;;;;3*-1;+2;;;. The summed E-state index contributed by atoms with van der Waals surface area (Å²) in [6.45, 7) is 0. The maximum absolute atomic E-state index is 8.58. The first-order chi connectivity index (χ1) is 6.61. The van der Waals surface area contributed by atoms with Crippen LogP contribution in [0.5, 0.6) is 0 Å². The molecule has 0 atom stereocenters. The molecule has 0 bridgehead atoms. The van der Waals surface area contributed by atoms with Crippen molar-refractivity contribution >= 4 is 0 Å². The van der Waals surface area contributed by atoms with E-state index in [9.17, 15) is 0 Å². The fraction of sp³-hybridized carbons (Fsp3) is 0. The molecule has 0 fully saturated rings. The molecule has 0 saturated carbocycles. The Kier molecular flexibility index (Phi) is 57.5. The van der Waals surface area contributed by atoms with Gasteiger partial charge in [0.05, 0.1) is 0 Å². The van der Waals surface area contributed by atoms with Crippen LogP contribution in [0, 0.1) is 27.8 Å². The molecule has 0 aromatic carbocycles. The van der Waals surface area contributed by atoms with Crippen LogP contribution in [0.4, 0.5) is 0 Å². The van der Waals surface area contributed by atoms with Gasteiger partial charge in [-0.25, -0.2) is 0 Å². The van der Waals surface area contributed by atoms with E-state index in [-0.39, 0.29) is 18.9 Å². The molecule has 11 nitrogen and oxygen atoms in total. The zero-order valence-electron chi connectivity index (χ0n) is 7.33. The fourth-order valence-corrected chi connectivity index (χ4v) is 0. The van der Waals surface area contributed by atoms with Crippen LogP contribution in [0.15, 0.2) is 0 Å². The van der Waals surface area contributed by atoms with Crippen molar-refractivity contribution in [2.75, 3.05) is 0 Å². The van der Waals surface area contributed by atoms with Gasteiger partial charge in [-0.05, 0) is 0 Å². The van der Waals surface area contributed by atoms with Gasteiger partial charge in [0, 0.05) is 0 Å². The molecule has 0 saturated heterocycles. The summed E-state index contributed by atoms with van der Waals surface area (Å²) < 4.78 is 94.2. The van der Waals surface area contributed by atoms with E-state index in [0.29, 0.717) is 0 Å². The minimum atomic E-state index is -3.94. The van der Waals surface area contributed by atoms with Gasteiger partial charge in [0.2, 0.25) is 0 Å². The van der Waals surface area contributed by atoms with Crippen molar-refractivity contribution in [3.8, 4) is 0 Å². The van der Waals surface area contributed by atoms with Crippen LogP contribution >= 0.6 is 0 Å². The molecular formula is LiO11UV3. The molecule has 0 aromatic heterocycles. The Bertz CT molecular complexity index is 282. The Morgan fingerprint density at radius 1 is 0.625 bits per heavy atom. The second kappa shape index (κ2) is 30.1. The van der Waals surface area contributed by atoms with Gasteiger partial charge in [0.15, 0.2) is 0 Å². The summed E-state index contributed by atoms with van der Waals surface area (Å²) >= 11 is -14.3. The normalized spacial score (nSPS) is 5.19. The molecule has 0 spiro atoms. The van der Waals surface area contributed by atoms with Gasteiger partial charge in [0.25, 0.3) is 0 Å². The van der Waals surface area contributed by atoms with Gasteiger partial charge >= 0.3 is 131 Å². The molecule has 16 heavy (non-hydrogen) atoms. The summed E-state index contributed by atoms with van der Waals surface area (Å²) in [6.07, 6.45) is 0. The van der Waals surface area contributed by atoms with E-state index in [4.69, 9.17) is 38.6 Å². The molecule has 0 N–H and O–H groups in total. The number of hydrogen-bond donors (Lipinski definition) is 0. The summed E-state index contributed by atoms with van der Waals surface area (Å²) in [6, 6.07) is 0. The zero-order chi connectivity index (χ0) is 13.4. The van der Waals surface area contributed by atoms with Crippen LogP contribution in [0.1, 0.15) is 0 Å². The Hall–Kier alpha value is 1.68. The molecule has 16 heteroatoms. The predicted octanol–water partition coefficient (Wildman–Crippen LogP) is -7.52. The van der Waals surface area contributed by atoms with Gasteiger partial charge in [-0.15, -0.1) is 0 Å². The second-order valence-electron chi connectivity index (χ2n) is 0.754. The van der Waals surface area contributed by atoms with Crippen LogP contribution in [-0.4, -0.2) is 0 Å². The maximum atomic E-state index is 8.58. The third kappa shape index (κ3) is 1190. The minimum absolute atomic E-state index is 0. The third-order valence-electron chi connectivity index (χ3n) is 0. The van der Waals surface area contributed by atoms with Gasteiger partial charge in [-0.1, -0.05) is 0 Å². The summed E-state index contributed by atoms with van der Waals surface area (Å²) in [5.74, 6) is 0. The van der Waals surface area contributed by atoms with Crippen molar-refractivity contribution in [2.24, 2.45) is 0 Å². The summed E-state index contributed by atoms with van der Waals surface area (Å²) in [4.78, 5) is 0. The van der Waals surface area contributed by atoms with E-state index in [1.165, 1.54) is 0 Å². The van der Waals surface area contributed by atoms with Crippen LogP contribution in [-0.2, 0) is 72.7 Å². The average molecular weight is 574 g/mol. The average Bonchev–Trinajstić information content (AvgIpc) is 1.81. The number of hydrogen-bond acceptors (Lipinski definition) is 11. The Morgan fingerprint density at radius 3 is 0.625 bits per heavy atom. The van der Waals surface area contributed by atoms with Crippen LogP contribution in [0.3, 0.4) is 0 Å². The molecule has 0 aliphatic carbocycles. The fourth-order valence-electron chi connectivity index (χ4n) is 0. The molecule has 0 aliphatic rings. The van der Waals surface area contributed by atoms with E-state index < -0.39 is 74.0 Å². The zero-order valence-corrected chi connectivity index (χ0v) is 15.7. The molecule has 0 rings (SSSR count).